The van der Waals surface area contributed by atoms with Gasteiger partial charge < -0.3 is 20.1 Å². The fourth-order valence-corrected chi connectivity index (χ4v) is 3.65. The molecule has 30 heavy (non-hydrogen) atoms. The van der Waals surface area contributed by atoms with Gasteiger partial charge in [-0.15, -0.1) is 0 Å². The molecule has 3 rings (SSSR count). The van der Waals surface area contributed by atoms with Crippen LogP contribution in [0.25, 0.3) is 0 Å². The van der Waals surface area contributed by atoms with Gasteiger partial charge in [-0.1, -0.05) is 29.8 Å². The van der Waals surface area contributed by atoms with Crippen molar-refractivity contribution in [3.63, 3.8) is 0 Å². The molecule has 0 saturated carbocycles. The zero-order chi connectivity index (χ0) is 21.7. The summed E-state index contributed by atoms with van der Waals surface area (Å²) < 4.78 is 39.7. The summed E-state index contributed by atoms with van der Waals surface area (Å²) in [5.74, 6) is 0.232. The highest BCUT2D eigenvalue weighted by Crippen LogP contribution is 2.16. The quantitative estimate of drug-likeness (QED) is 0.477. The Hall–Kier alpha value is -3.11. The maximum absolute atomic E-state index is 12.2. The first-order valence-electron chi connectivity index (χ1n) is 9.11. The molecule has 1 fully saturated rings. The van der Waals surface area contributed by atoms with Crippen molar-refractivity contribution in [3.05, 3.63) is 59.7 Å². The molecule has 10 heteroatoms. The van der Waals surface area contributed by atoms with E-state index in [-0.39, 0.29) is 18.1 Å². The number of carbonyl (C=O) groups is 2. The molecule has 2 aromatic rings. The maximum atomic E-state index is 12.2. The molecule has 0 radical (unpaired) electrons. The van der Waals surface area contributed by atoms with Crippen LogP contribution in [0.2, 0.25) is 0 Å². The molecule has 0 spiro atoms. The van der Waals surface area contributed by atoms with Gasteiger partial charge in [0.05, 0.1) is 24.7 Å². The third-order valence-corrected chi connectivity index (χ3v) is 5.82. The molecule has 0 aliphatic carbocycles. The molecule has 160 valence electrons. The van der Waals surface area contributed by atoms with Crippen LogP contribution in [0.5, 0.6) is 5.75 Å². The molecule has 2 unspecified atom stereocenters. The van der Waals surface area contributed by atoms with Crippen molar-refractivity contribution in [3.8, 4) is 5.75 Å². The SMILES string of the molecule is COc1ccc(COC(=O)NC2C(=O)NC2COS(=O)(=O)c2ccc(C)cc2)cc1. The number of ether oxygens (including phenoxy) is 2. The van der Waals surface area contributed by atoms with Gasteiger partial charge in [0.25, 0.3) is 10.1 Å². The van der Waals surface area contributed by atoms with E-state index in [9.17, 15) is 18.0 Å². The summed E-state index contributed by atoms with van der Waals surface area (Å²) in [5.41, 5.74) is 1.66. The molecule has 1 aliphatic rings. The molecule has 1 heterocycles. The van der Waals surface area contributed by atoms with Gasteiger partial charge >= 0.3 is 6.09 Å². The van der Waals surface area contributed by atoms with Crippen LogP contribution < -0.4 is 15.4 Å². The Bertz CT molecular complexity index is 1000. The topological polar surface area (TPSA) is 120 Å². The summed E-state index contributed by atoms with van der Waals surface area (Å²) in [6.45, 7) is 1.53. The van der Waals surface area contributed by atoms with E-state index in [2.05, 4.69) is 10.6 Å². The smallest absolute Gasteiger partial charge is 0.408 e. The number of β-lactam (4-membered cyclic amide) rings is 1. The number of amides is 2. The van der Waals surface area contributed by atoms with Crippen LogP contribution in [0.1, 0.15) is 11.1 Å². The Balaban J connectivity index is 1.49. The van der Waals surface area contributed by atoms with Crippen molar-refractivity contribution in [2.24, 2.45) is 0 Å². The number of benzene rings is 2. The van der Waals surface area contributed by atoms with Crippen LogP contribution in [0.3, 0.4) is 0 Å². The summed E-state index contributed by atoms with van der Waals surface area (Å²) in [6.07, 6.45) is -0.794. The zero-order valence-corrected chi connectivity index (χ0v) is 17.3. The normalized spacial score (nSPS) is 18.1. The molecule has 9 nitrogen and oxygen atoms in total. The zero-order valence-electron chi connectivity index (χ0n) is 16.5. The molecule has 2 aromatic carbocycles. The molecular weight excluding hydrogens is 412 g/mol. The third-order valence-electron chi connectivity index (χ3n) is 4.53. The van der Waals surface area contributed by atoms with Crippen LogP contribution in [-0.2, 0) is 30.4 Å². The van der Waals surface area contributed by atoms with Crippen molar-refractivity contribution >= 4 is 22.1 Å². The van der Waals surface area contributed by atoms with Crippen molar-refractivity contribution in [2.45, 2.75) is 30.5 Å². The summed E-state index contributed by atoms with van der Waals surface area (Å²) in [4.78, 5) is 23.8. The Kier molecular flexibility index (Phi) is 6.58. The van der Waals surface area contributed by atoms with Gasteiger partial charge in [0.1, 0.15) is 18.4 Å². The van der Waals surface area contributed by atoms with Crippen molar-refractivity contribution in [1.29, 1.82) is 0 Å². The average molecular weight is 434 g/mol. The van der Waals surface area contributed by atoms with E-state index < -0.39 is 34.2 Å². The number of aryl methyl sites for hydroxylation is 1. The lowest BCUT2D eigenvalue weighted by Gasteiger charge is -2.36. The van der Waals surface area contributed by atoms with Crippen LogP contribution in [0, 0.1) is 6.92 Å². The Labute approximate surface area is 174 Å². The van der Waals surface area contributed by atoms with Gasteiger partial charge in [-0.3, -0.25) is 8.98 Å². The van der Waals surface area contributed by atoms with Gasteiger partial charge in [0, 0.05) is 0 Å². The minimum absolute atomic E-state index is 0.00708. The van der Waals surface area contributed by atoms with Gasteiger partial charge in [0.15, 0.2) is 0 Å². The van der Waals surface area contributed by atoms with E-state index >= 15 is 0 Å². The Morgan fingerprint density at radius 1 is 1.10 bits per heavy atom. The van der Waals surface area contributed by atoms with Crippen molar-refractivity contribution in [1.82, 2.24) is 10.6 Å². The number of alkyl carbamates (subject to hydrolysis) is 1. The van der Waals surface area contributed by atoms with E-state index in [1.54, 1.807) is 43.5 Å². The lowest BCUT2D eigenvalue weighted by Crippen LogP contribution is -2.70. The Morgan fingerprint density at radius 2 is 1.77 bits per heavy atom. The lowest BCUT2D eigenvalue weighted by atomic mass is 10.0. The predicted octanol–water partition coefficient (Wildman–Crippen LogP) is 1.50. The molecule has 0 bridgehead atoms. The van der Waals surface area contributed by atoms with Gasteiger partial charge in [0.2, 0.25) is 5.91 Å². The first kappa shape index (κ1) is 21.6. The fraction of sp³-hybridized carbons (Fsp3) is 0.300. The maximum Gasteiger partial charge on any atom is 0.408 e. The minimum Gasteiger partial charge on any atom is -0.497 e. The Morgan fingerprint density at radius 3 is 2.37 bits per heavy atom. The summed E-state index contributed by atoms with van der Waals surface area (Å²) in [5, 5.41) is 4.93. The van der Waals surface area contributed by atoms with Gasteiger partial charge in [-0.25, -0.2) is 4.79 Å². The second-order valence-electron chi connectivity index (χ2n) is 6.71. The molecule has 2 atom stereocenters. The monoisotopic (exact) mass is 434 g/mol. The average Bonchev–Trinajstić information content (AvgIpc) is 2.74. The van der Waals surface area contributed by atoms with Gasteiger partial charge in [-0.05, 0) is 36.8 Å². The first-order chi connectivity index (χ1) is 14.3. The molecular formula is C20H22N2O7S. The second kappa shape index (κ2) is 9.14. The second-order valence-corrected chi connectivity index (χ2v) is 8.33. The van der Waals surface area contributed by atoms with E-state index in [1.807, 2.05) is 6.92 Å². The van der Waals surface area contributed by atoms with Crippen LogP contribution in [0.15, 0.2) is 53.4 Å². The van der Waals surface area contributed by atoms with E-state index in [0.29, 0.717) is 5.75 Å². The number of carbonyl (C=O) groups excluding carboxylic acids is 2. The van der Waals surface area contributed by atoms with E-state index in [4.69, 9.17) is 13.7 Å². The van der Waals surface area contributed by atoms with Crippen LogP contribution in [-0.4, -0.2) is 46.2 Å². The number of hydrogen-bond donors (Lipinski definition) is 2. The highest BCUT2D eigenvalue weighted by Gasteiger charge is 2.41. The molecule has 2 N–H and O–H groups in total. The molecule has 2 amide bonds. The molecule has 1 saturated heterocycles. The predicted molar refractivity (Wildman–Crippen MR) is 106 cm³/mol. The van der Waals surface area contributed by atoms with Crippen molar-refractivity contribution in [2.75, 3.05) is 13.7 Å². The van der Waals surface area contributed by atoms with Crippen molar-refractivity contribution < 1.29 is 31.7 Å². The molecule has 0 aromatic heterocycles. The number of hydrogen-bond acceptors (Lipinski definition) is 7. The van der Waals surface area contributed by atoms with Crippen LogP contribution in [0.4, 0.5) is 4.79 Å². The van der Waals surface area contributed by atoms with E-state index in [1.165, 1.54) is 12.1 Å². The minimum atomic E-state index is -3.98. The summed E-state index contributed by atoms with van der Waals surface area (Å²) in [6, 6.07) is 11.5. The summed E-state index contributed by atoms with van der Waals surface area (Å²) in [7, 11) is -2.42. The number of rotatable bonds is 8. The van der Waals surface area contributed by atoms with Crippen LogP contribution >= 0.6 is 0 Å². The third kappa shape index (κ3) is 5.28. The summed E-state index contributed by atoms with van der Waals surface area (Å²) >= 11 is 0. The standard InChI is InChI=1S/C20H22N2O7S/c1-13-3-9-16(10-4-13)30(25,26)29-12-17-18(19(23)21-17)22-20(24)28-11-14-5-7-15(27-2)8-6-14/h3-10,17-18H,11-12H2,1-2H3,(H,21,23)(H,22,24). The highest BCUT2D eigenvalue weighted by molar-refractivity contribution is 7.86. The largest absolute Gasteiger partial charge is 0.497 e. The fourth-order valence-electron chi connectivity index (χ4n) is 2.72. The number of methoxy groups -OCH3 is 1. The molecule has 1 aliphatic heterocycles. The lowest BCUT2D eigenvalue weighted by molar-refractivity contribution is -0.132. The van der Waals surface area contributed by atoms with E-state index in [0.717, 1.165) is 11.1 Å². The first-order valence-corrected chi connectivity index (χ1v) is 10.5. The highest BCUT2D eigenvalue weighted by atomic mass is 32.2. The number of nitrogens with one attached hydrogen (secondary N) is 2. The van der Waals surface area contributed by atoms with Gasteiger partial charge in [-0.2, -0.15) is 8.42 Å².